The van der Waals surface area contributed by atoms with Crippen molar-refractivity contribution in [1.82, 2.24) is 4.98 Å². The number of hydrogen-bond donors (Lipinski definition) is 1. The smallest absolute Gasteiger partial charge is 0.190 e. The lowest BCUT2D eigenvalue weighted by Gasteiger charge is -2.03. The highest BCUT2D eigenvalue weighted by Crippen LogP contribution is 2.09. The maximum atomic E-state index is 10.7. The second kappa shape index (κ2) is 4.42. The zero-order valence-electron chi connectivity index (χ0n) is 7.87. The molecule has 1 aromatic rings. The predicted molar refractivity (Wildman–Crippen MR) is 56.0 cm³/mol. The molecule has 70 valence electrons. The molecule has 0 aliphatic rings. The maximum absolute atomic E-state index is 10.7. The molecule has 0 saturated carbocycles. The van der Waals surface area contributed by atoms with Gasteiger partial charge in [0.15, 0.2) is 5.12 Å². The summed E-state index contributed by atoms with van der Waals surface area (Å²) in [4.78, 5) is 15.0. The van der Waals surface area contributed by atoms with Crippen molar-refractivity contribution in [1.29, 1.82) is 0 Å². The number of nitrogens with zero attached hydrogens (tertiary/aromatic N) is 1. The second-order valence-electron chi connectivity index (χ2n) is 3.03. The van der Waals surface area contributed by atoms with Crippen LogP contribution in [-0.2, 0) is 17.6 Å². The first-order valence-corrected chi connectivity index (χ1v) is 4.74. The van der Waals surface area contributed by atoms with Gasteiger partial charge in [0.05, 0.1) is 0 Å². The summed E-state index contributed by atoms with van der Waals surface area (Å²) in [5, 5.41) is -0.120. The van der Waals surface area contributed by atoms with Crippen molar-refractivity contribution in [3.8, 4) is 0 Å². The number of pyridine rings is 1. The van der Waals surface area contributed by atoms with Crippen LogP contribution in [-0.4, -0.2) is 10.1 Å². The number of aryl methyl sites for hydroxylation is 2. The molecule has 0 N–H and O–H groups in total. The van der Waals surface area contributed by atoms with Crippen LogP contribution in [0.2, 0.25) is 0 Å². The minimum atomic E-state index is -0.120. The van der Waals surface area contributed by atoms with E-state index in [1.807, 2.05) is 13.0 Å². The van der Waals surface area contributed by atoms with Crippen LogP contribution in [0.4, 0.5) is 0 Å². The normalized spacial score (nSPS) is 10.1. The van der Waals surface area contributed by atoms with Gasteiger partial charge in [-0.05, 0) is 24.5 Å². The van der Waals surface area contributed by atoms with Crippen molar-refractivity contribution in [3.63, 3.8) is 0 Å². The third-order valence-corrected chi connectivity index (χ3v) is 2.09. The lowest BCUT2D eigenvalue weighted by Crippen LogP contribution is -1.98. The third kappa shape index (κ3) is 2.84. The standard InChI is InChI=1S/C10H13NOS/c1-3-9-7(2)4-8(6-11-9)5-10(12)13/h4,6H,3,5H2,1-2H3,(H,12,13). The SMILES string of the molecule is CCc1ncc(CC(=O)S)cc1C. The molecule has 0 unspecified atom stereocenters. The lowest BCUT2D eigenvalue weighted by atomic mass is 10.1. The van der Waals surface area contributed by atoms with Crippen LogP contribution in [0.15, 0.2) is 12.3 Å². The molecule has 0 radical (unpaired) electrons. The van der Waals surface area contributed by atoms with Crippen LogP contribution in [0.1, 0.15) is 23.7 Å². The highest BCUT2D eigenvalue weighted by Gasteiger charge is 2.02. The van der Waals surface area contributed by atoms with E-state index in [0.29, 0.717) is 6.42 Å². The fourth-order valence-corrected chi connectivity index (χ4v) is 1.49. The summed E-state index contributed by atoms with van der Waals surface area (Å²) in [6.07, 6.45) is 3.04. The molecule has 0 spiro atoms. The predicted octanol–water partition coefficient (Wildman–Crippen LogP) is 1.95. The molecule has 0 amide bonds. The third-order valence-electron chi connectivity index (χ3n) is 1.93. The monoisotopic (exact) mass is 195 g/mol. The van der Waals surface area contributed by atoms with E-state index < -0.39 is 0 Å². The molecule has 1 heterocycles. The minimum Gasteiger partial charge on any atom is -0.287 e. The van der Waals surface area contributed by atoms with Gasteiger partial charge in [0.25, 0.3) is 0 Å². The lowest BCUT2D eigenvalue weighted by molar-refractivity contribution is -0.110. The molecule has 2 nitrogen and oxygen atoms in total. The van der Waals surface area contributed by atoms with E-state index >= 15 is 0 Å². The maximum Gasteiger partial charge on any atom is 0.190 e. The van der Waals surface area contributed by atoms with Crippen molar-refractivity contribution in [2.24, 2.45) is 0 Å². The molecule has 0 bridgehead atoms. The summed E-state index contributed by atoms with van der Waals surface area (Å²) < 4.78 is 0. The van der Waals surface area contributed by atoms with Gasteiger partial charge in [-0.1, -0.05) is 13.0 Å². The van der Waals surface area contributed by atoms with E-state index in [9.17, 15) is 4.79 Å². The Balaban J connectivity index is 2.89. The Morgan fingerprint density at radius 3 is 2.77 bits per heavy atom. The highest BCUT2D eigenvalue weighted by atomic mass is 32.1. The summed E-state index contributed by atoms with van der Waals surface area (Å²) in [7, 11) is 0. The first-order chi connectivity index (χ1) is 6.13. The Morgan fingerprint density at radius 1 is 1.62 bits per heavy atom. The fraction of sp³-hybridized carbons (Fsp3) is 0.400. The first kappa shape index (κ1) is 10.3. The van der Waals surface area contributed by atoms with Crippen molar-refractivity contribution in [2.45, 2.75) is 26.7 Å². The fourth-order valence-electron chi connectivity index (χ4n) is 1.30. The van der Waals surface area contributed by atoms with E-state index in [0.717, 1.165) is 23.2 Å². The van der Waals surface area contributed by atoms with Crippen LogP contribution in [0, 0.1) is 6.92 Å². The van der Waals surface area contributed by atoms with Crippen LogP contribution in [0.25, 0.3) is 0 Å². The number of aromatic nitrogens is 1. The molecule has 0 fully saturated rings. The number of thiol groups is 1. The Hall–Kier alpha value is -0.830. The molecule has 13 heavy (non-hydrogen) atoms. The van der Waals surface area contributed by atoms with E-state index in [1.165, 1.54) is 0 Å². The van der Waals surface area contributed by atoms with Gasteiger partial charge in [-0.25, -0.2) is 0 Å². The molecule has 1 aromatic heterocycles. The topological polar surface area (TPSA) is 30.0 Å². The van der Waals surface area contributed by atoms with Crippen LogP contribution in [0.5, 0.6) is 0 Å². The summed E-state index contributed by atoms with van der Waals surface area (Å²) in [5.41, 5.74) is 3.18. The zero-order chi connectivity index (χ0) is 9.84. The van der Waals surface area contributed by atoms with Crippen LogP contribution < -0.4 is 0 Å². The molecule has 0 aromatic carbocycles. The van der Waals surface area contributed by atoms with Crippen molar-refractivity contribution >= 4 is 17.7 Å². The molecule has 0 aliphatic carbocycles. The molecule has 3 heteroatoms. The van der Waals surface area contributed by atoms with Gasteiger partial charge in [0.2, 0.25) is 0 Å². The van der Waals surface area contributed by atoms with Gasteiger partial charge in [0.1, 0.15) is 0 Å². The molecule has 0 aliphatic heterocycles. The van der Waals surface area contributed by atoms with Crippen LogP contribution in [0.3, 0.4) is 0 Å². The molecule has 0 saturated heterocycles. The van der Waals surface area contributed by atoms with E-state index in [1.54, 1.807) is 6.20 Å². The number of carbonyl (C=O) groups excluding carboxylic acids is 1. The second-order valence-corrected chi connectivity index (χ2v) is 3.53. The largest absolute Gasteiger partial charge is 0.287 e. The Labute approximate surface area is 83.8 Å². The Bertz CT molecular complexity index is 323. The van der Waals surface area contributed by atoms with Gasteiger partial charge < -0.3 is 0 Å². The van der Waals surface area contributed by atoms with Crippen molar-refractivity contribution < 1.29 is 4.79 Å². The van der Waals surface area contributed by atoms with Gasteiger partial charge in [-0.15, -0.1) is 12.6 Å². The quantitative estimate of drug-likeness (QED) is 0.747. The van der Waals surface area contributed by atoms with E-state index in [2.05, 4.69) is 24.5 Å². The molecular formula is C10H13NOS. The summed E-state index contributed by atoms with van der Waals surface area (Å²) in [6.45, 7) is 4.08. The van der Waals surface area contributed by atoms with E-state index in [4.69, 9.17) is 0 Å². The van der Waals surface area contributed by atoms with Crippen molar-refractivity contribution in [2.75, 3.05) is 0 Å². The first-order valence-electron chi connectivity index (χ1n) is 4.29. The number of carbonyl (C=O) groups is 1. The summed E-state index contributed by atoms with van der Waals surface area (Å²) in [6, 6.07) is 2.00. The minimum absolute atomic E-state index is 0.120. The number of rotatable bonds is 3. The molecule has 1 rings (SSSR count). The van der Waals surface area contributed by atoms with Crippen LogP contribution >= 0.6 is 12.6 Å². The Morgan fingerprint density at radius 2 is 2.31 bits per heavy atom. The van der Waals surface area contributed by atoms with Gasteiger partial charge in [-0.3, -0.25) is 9.78 Å². The zero-order valence-corrected chi connectivity index (χ0v) is 8.77. The van der Waals surface area contributed by atoms with Gasteiger partial charge >= 0.3 is 0 Å². The van der Waals surface area contributed by atoms with E-state index in [-0.39, 0.29) is 5.12 Å². The molecule has 0 atom stereocenters. The van der Waals surface area contributed by atoms with Gasteiger partial charge in [-0.2, -0.15) is 0 Å². The summed E-state index contributed by atoms with van der Waals surface area (Å²) >= 11 is 3.73. The van der Waals surface area contributed by atoms with Gasteiger partial charge in [0, 0.05) is 18.3 Å². The highest BCUT2D eigenvalue weighted by molar-refractivity contribution is 7.96. The average molecular weight is 195 g/mol. The number of hydrogen-bond acceptors (Lipinski definition) is 2. The van der Waals surface area contributed by atoms with Crippen molar-refractivity contribution in [3.05, 3.63) is 29.1 Å². The molecular weight excluding hydrogens is 182 g/mol. The average Bonchev–Trinajstić information content (AvgIpc) is 2.03. The Kier molecular flexibility index (Phi) is 3.48. The summed E-state index contributed by atoms with van der Waals surface area (Å²) in [5.74, 6) is 0.